The van der Waals surface area contributed by atoms with Crippen molar-refractivity contribution in [3.05, 3.63) is 52.5 Å². The Kier molecular flexibility index (Phi) is 4.47. The summed E-state index contributed by atoms with van der Waals surface area (Å²) >= 11 is 0. The molecule has 0 aliphatic carbocycles. The van der Waals surface area contributed by atoms with Gasteiger partial charge in [-0.3, -0.25) is 9.59 Å². The maximum Gasteiger partial charge on any atom is 0.275 e. The van der Waals surface area contributed by atoms with E-state index in [4.69, 9.17) is 0 Å². The molecule has 1 fully saturated rings. The average Bonchev–Trinajstić information content (AvgIpc) is 3.12. The fourth-order valence-electron chi connectivity index (χ4n) is 3.82. The van der Waals surface area contributed by atoms with Gasteiger partial charge in [0, 0.05) is 31.4 Å². The fourth-order valence-corrected chi connectivity index (χ4v) is 3.82. The molecular weight excluding hydrogens is 344 g/mol. The van der Waals surface area contributed by atoms with Crippen molar-refractivity contribution in [1.29, 1.82) is 0 Å². The molecule has 3 aromatic rings. The van der Waals surface area contributed by atoms with Gasteiger partial charge in [-0.1, -0.05) is 18.2 Å². The summed E-state index contributed by atoms with van der Waals surface area (Å²) in [6, 6.07) is 7.36. The van der Waals surface area contributed by atoms with Crippen LogP contribution in [0.25, 0.3) is 10.8 Å². The van der Waals surface area contributed by atoms with Crippen molar-refractivity contribution in [2.75, 3.05) is 13.1 Å². The van der Waals surface area contributed by atoms with Crippen LogP contribution in [-0.4, -0.2) is 48.4 Å². The molecule has 0 saturated carbocycles. The Morgan fingerprint density at radius 2 is 2.04 bits per heavy atom. The van der Waals surface area contributed by atoms with Crippen LogP contribution in [-0.2, 0) is 18.4 Å². The average molecular weight is 366 g/mol. The van der Waals surface area contributed by atoms with Gasteiger partial charge >= 0.3 is 0 Å². The topological polar surface area (TPSA) is 85.9 Å². The van der Waals surface area contributed by atoms with Crippen molar-refractivity contribution in [3.63, 3.8) is 0 Å². The van der Waals surface area contributed by atoms with Crippen LogP contribution >= 0.6 is 0 Å². The van der Waals surface area contributed by atoms with Crippen molar-refractivity contribution in [2.45, 2.75) is 32.2 Å². The van der Waals surface area contributed by atoms with Gasteiger partial charge in [0.1, 0.15) is 18.7 Å². The van der Waals surface area contributed by atoms with Gasteiger partial charge in [-0.15, -0.1) is 10.2 Å². The lowest BCUT2D eigenvalue weighted by Crippen LogP contribution is -2.43. The van der Waals surface area contributed by atoms with E-state index in [1.807, 2.05) is 41.6 Å². The molecular formula is C19H22N6O2. The zero-order valence-corrected chi connectivity index (χ0v) is 15.5. The Bertz CT molecular complexity index is 1050. The Labute approximate surface area is 156 Å². The van der Waals surface area contributed by atoms with Crippen LogP contribution in [0.3, 0.4) is 0 Å². The summed E-state index contributed by atoms with van der Waals surface area (Å²) in [7, 11) is 1.91. The van der Waals surface area contributed by atoms with Gasteiger partial charge < -0.3 is 9.47 Å². The van der Waals surface area contributed by atoms with Gasteiger partial charge in [-0.25, -0.2) is 4.68 Å². The summed E-state index contributed by atoms with van der Waals surface area (Å²) < 4.78 is 3.18. The van der Waals surface area contributed by atoms with Crippen molar-refractivity contribution < 1.29 is 4.79 Å². The van der Waals surface area contributed by atoms with Gasteiger partial charge in [-0.2, -0.15) is 5.10 Å². The zero-order valence-electron chi connectivity index (χ0n) is 15.5. The second-order valence-corrected chi connectivity index (χ2v) is 7.07. The second-order valence-electron chi connectivity index (χ2n) is 7.07. The number of aromatic nitrogens is 5. The summed E-state index contributed by atoms with van der Waals surface area (Å²) in [4.78, 5) is 27.4. The number of hydrogen-bond acceptors (Lipinski definition) is 5. The molecule has 8 heteroatoms. The molecule has 0 bridgehead atoms. The number of fused-ring (bicyclic) bond motifs is 1. The first-order valence-corrected chi connectivity index (χ1v) is 9.12. The highest BCUT2D eigenvalue weighted by Crippen LogP contribution is 2.25. The predicted octanol–water partition coefficient (Wildman–Crippen LogP) is 1.24. The summed E-state index contributed by atoms with van der Waals surface area (Å²) in [6.45, 7) is 3.09. The summed E-state index contributed by atoms with van der Waals surface area (Å²) in [5.74, 6) is 0.966. The highest BCUT2D eigenvalue weighted by molar-refractivity contribution is 5.83. The third-order valence-corrected chi connectivity index (χ3v) is 5.22. The number of aryl methyl sites for hydroxylation is 2. The molecule has 1 aromatic carbocycles. The molecule has 4 rings (SSSR count). The van der Waals surface area contributed by atoms with Gasteiger partial charge in [-0.05, 0) is 25.8 Å². The molecule has 1 aliphatic heterocycles. The Balaban J connectivity index is 1.56. The molecule has 3 heterocycles. The van der Waals surface area contributed by atoms with E-state index in [0.717, 1.165) is 29.7 Å². The largest absolute Gasteiger partial charge is 0.340 e. The minimum atomic E-state index is -0.230. The van der Waals surface area contributed by atoms with E-state index < -0.39 is 0 Å². The molecule has 140 valence electrons. The lowest BCUT2D eigenvalue weighted by Gasteiger charge is -2.32. The second kappa shape index (κ2) is 6.94. The number of amides is 1. The van der Waals surface area contributed by atoms with Gasteiger partial charge in [0.05, 0.1) is 11.1 Å². The molecule has 0 spiro atoms. The molecule has 0 radical (unpaired) electrons. The molecule has 2 aromatic heterocycles. The van der Waals surface area contributed by atoms with Crippen LogP contribution < -0.4 is 5.56 Å². The number of nitrogens with zero attached hydrogens (tertiary/aromatic N) is 6. The Morgan fingerprint density at radius 3 is 2.78 bits per heavy atom. The van der Waals surface area contributed by atoms with Crippen molar-refractivity contribution in [1.82, 2.24) is 29.4 Å². The normalized spacial score (nSPS) is 17.4. The highest BCUT2D eigenvalue weighted by Gasteiger charge is 2.28. The Morgan fingerprint density at radius 1 is 1.26 bits per heavy atom. The highest BCUT2D eigenvalue weighted by atomic mass is 16.2. The van der Waals surface area contributed by atoms with E-state index in [2.05, 4.69) is 15.3 Å². The number of carbonyl (C=O) groups excluding carboxylic acids is 1. The van der Waals surface area contributed by atoms with Crippen LogP contribution in [0, 0.1) is 6.92 Å². The monoisotopic (exact) mass is 366 g/mol. The molecule has 1 amide bonds. The number of piperidine rings is 1. The zero-order chi connectivity index (χ0) is 19.0. The van der Waals surface area contributed by atoms with E-state index in [1.165, 1.54) is 4.68 Å². The minimum Gasteiger partial charge on any atom is -0.340 e. The first-order chi connectivity index (χ1) is 13.0. The SMILES string of the molecule is Cc1nn(CC(=O)N2CCCC(c3nncn3C)C2)c(=O)c2ccccc12. The summed E-state index contributed by atoms with van der Waals surface area (Å²) in [5.41, 5.74) is 0.514. The maximum atomic E-state index is 12.9. The Hall–Kier alpha value is -3.03. The van der Waals surface area contributed by atoms with E-state index >= 15 is 0 Å². The van der Waals surface area contributed by atoms with E-state index in [0.29, 0.717) is 18.5 Å². The molecule has 1 saturated heterocycles. The van der Waals surface area contributed by atoms with Crippen LogP contribution in [0.4, 0.5) is 0 Å². The number of carbonyl (C=O) groups is 1. The third kappa shape index (κ3) is 3.22. The molecule has 27 heavy (non-hydrogen) atoms. The van der Waals surface area contributed by atoms with Crippen molar-refractivity contribution in [2.24, 2.45) is 7.05 Å². The third-order valence-electron chi connectivity index (χ3n) is 5.22. The number of rotatable bonds is 3. The lowest BCUT2D eigenvalue weighted by molar-refractivity contribution is -0.133. The molecule has 1 aliphatic rings. The van der Waals surface area contributed by atoms with Crippen LogP contribution in [0.5, 0.6) is 0 Å². The number of benzene rings is 1. The van der Waals surface area contributed by atoms with E-state index in [9.17, 15) is 9.59 Å². The lowest BCUT2D eigenvalue weighted by atomic mass is 9.97. The van der Waals surface area contributed by atoms with Crippen LogP contribution in [0.2, 0.25) is 0 Å². The van der Waals surface area contributed by atoms with E-state index in [1.54, 1.807) is 12.4 Å². The van der Waals surface area contributed by atoms with Gasteiger partial charge in [0.15, 0.2) is 0 Å². The smallest absolute Gasteiger partial charge is 0.275 e. The summed E-state index contributed by atoms with van der Waals surface area (Å²) in [6.07, 6.45) is 3.56. The first-order valence-electron chi connectivity index (χ1n) is 9.12. The van der Waals surface area contributed by atoms with Crippen molar-refractivity contribution in [3.8, 4) is 0 Å². The predicted molar refractivity (Wildman–Crippen MR) is 100 cm³/mol. The fraction of sp³-hybridized carbons (Fsp3) is 0.421. The maximum absolute atomic E-state index is 12.9. The summed E-state index contributed by atoms with van der Waals surface area (Å²) in [5, 5.41) is 13.9. The standard InChI is InChI=1S/C19H22N6O2/c1-13-15-7-3-4-8-16(15)19(27)25(22-13)11-17(26)24-9-5-6-14(10-24)18-21-20-12-23(18)2/h3-4,7-8,12,14H,5-6,9-11H2,1-2H3. The van der Waals surface area contributed by atoms with E-state index in [-0.39, 0.29) is 23.9 Å². The van der Waals surface area contributed by atoms with Crippen LogP contribution in [0.1, 0.15) is 30.3 Å². The molecule has 1 atom stereocenters. The number of hydrogen-bond donors (Lipinski definition) is 0. The van der Waals surface area contributed by atoms with Gasteiger partial charge in [0.2, 0.25) is 5.91 Å². The first kappa shape index (κ1) is 17.4. The minimum absolute atomic E-state index is 0.0456. The molecule has 0 N–H and O–H groups in total. The molecule has 1 unspecified atom stereocenters. The van der Waals surface area contributed by atoms with Crippen molar-refractivity contribution >= 4 is 16.7 Å². The molecule has 8 nitrogen and oxygen atoms in total. The number of likely N-dealkylation sites (tertiary alicyclic amines) is 1. The quantitative estimate of drug-likeness (QED) is 0.696. The van der Waals surface area contributed by atoms with Crippen LogP contribution in [0.15, 0.2) is 35.4 Å². The van der Waals surface area contributed by atoms with Gasteiger partial charge in [0.25, 0.3) is 5.56 Å².